The molecule has 0 N–H and O–H groups in total. The molecule has 0 spiro atoms. The molecule has 0 saturated heterocycles. The average Bonchev–Trinajstić information content (AvgIpc) is 2.43. The predicted molar refractivity (Wildman–Crippen MR) is 82.2 cm³/mol. The van der Waals surface area contributed by atoms with Gasteiger partial charge in [-0.1, -0.05) is 29.3 Å². The van der Waals surface area contributed by atoms with Gasteiger partial charge in [0.25, 0.3) is 0 Å². The standard InChI is InChI=1S/C16H14Cl2O2/c1-10-3-5-13(7-11(10)2)20-9-16(19)12-4-6-14(17)15(18)8-12/h3-8H,9H2,1-2H3. The highest BCUT2D eigenvalue weighted by Gasteiger charge is 2.09. The summed E-state index contributed by atoms with van der Waals surface area (Å²) in [5.41, 5.74) is 2.81. The van der Waals surface area contributed by atoms with Crippen molar-refractivity contribution in [3.05, 3.63) is 63.1 Å². The van der Waals surface area contributed by atoms with Crippen LogP contribution in [0.1, 0.15) is 21.5 Å². The fourth-order valence-electron chi connectivity index (χ4n) is 1.71. The molecular formula is C16H14Cl2O2. The highest BCUT2D eigenvalue weighted by atomic mass is 35.5. The monoisotopic (exact) mass is 308 g/mol. The van der Waals surface area contributed by atoms with Crippen molar-refractivity contribution in [1.82, 2.24) is 0 Å². The van der Waals surface area contributed by atoms with Crippen molar-refractivity contribution in [2.24, 2.45) is 0 Å². The summed E-state index contributed by atoms with van der Waals surface area (Å²) < 4.78 is 5.50. The van der Waals surface area contributed by atoms with Gasteiger partial charge in [0, 0.05) is 5.56 Å². The molecule has 0 fully saturated rings. The molecule has 0 heterocycles. The van der Waals surface area contributed by atoms with Crippen LogP contribution in [-0.2, 0) is 0 Å². The van der Waals surface area contributed by atoms with Gasteiger partial charge in [0.2, 0.25) is 0 Å². The van der Waals surface area contributed by atoms with Gasteiger partial charge in [-0.3, -0.25) is 4.79 Å². The van der Waals surface area contributed by atoms with Gasteiger partial charge in [0.1, 0.15) is 5.75 Å². The first-order valence-corrected chi connectivity index (χ1v) is 6.91. The Morgan fingerprint density at radius 3 is 2.40 bits per heavy atom. The number of carbonyl (C=O) groups excluding carboxylic acids is 1. The molecule has 0 atom stereocenters. The van der Waals surface area contributed by atoms with Crippen molar-refractivity contribution >= 4 is 29.0 Å². The van der Waals surface area contributed by atoms with Crippen LogP contribution in [0.3, 0.4) is 0 Å². The van der Waals surface area contributed by atoms with Gasteiger partial charge < -0.3 is 4.74 Å². The van der Waals surface area contributed by atoms with Crippen molar-refractivity contribution in [1.29, 1.82) is 0 Å². The van der Waals surface area contributed by atoms with E-state index in [-0.39, 0.29) is 12.4 Å². The lowest BCUT2D eigenvalue weighted by atomic mass is 10.1. The number of aryl methyl sites for hydroxylation is 2. The van der Waals surface area contributed by atoms with Crippen molar-refractivity contribution < 1.29 is 9.53 Å². The average molecular weight is 309 g/mol. The van der Waals surface area contributed by atoms with Crippen LogP contribution in [0, 0.1) is 13.8 Å². The minimum absolute atomic E-state index is 0.0273. The minimum atomic E-state index is -0.137. The molecule has 4 heteroatoms. The van der Waals surface area contributed by atoms with Crippen LogP contribution in [0.5, 0.6) is 5.75 Å². The molecule has 104 valence electrons. The molecule has 2 aromatic carbocycles. The molecule has 0 aliphatic rings. The first-order valence-electron chi connectivity index (χ1n) is 6.15. The van der Waals surface area contributed by atoms with Crippen LogP contribution in [-0.4, -0.2) is 12.4 Å². The summed E-state index contributed by atoms with van der Waals surface area (Å²) in [4.78, 5) is 12.0. The highest BCUT2D eigenvalue weighted by molar-refractivity contribution is 6.42. The zero-order valence-corrected chi connectivity index (χ0v) is 12.8. The minimum Gasteiger partial charge on any atom is -0.485 e. The van der Waals surface area contributed by atoms with Crippen LogP contribution >= 0.6 is 23.2 Å². The van der Waals surface area contributed by atoms with E-state index in [9.17, 15) is 4.79 Å². The molecule has 20 heavy (non-hydrogen) atoms. The molecule has 0 aliphatic heterocycles. The maximum atomic E-state index is 12.0. The Bertz CT molecular complexity index is 651. The molecular weight excluding hydrogens is 295 g/mol. The normalized spacial score (nSPS) is 10.4. The lowest BCUT2D eigenvalue weighted by molar-refractivity contribution is 0.0921. The van der Waals surface area contributed by atoms with Gasteiger partial charge in [-0.25, -0.2) is 0 Å². The van der Waals surface area contributed by atoms with E-state index in [0.29, 0.717) is 21.4 Å². The van der Waals surface area contributed by atoms with Gasteiger partial charge in [0.15, 0.2) is 12.4 Å². The van der Waals surface area contributed by atoms with E-state index in [0.717, 1.165) is 5.56 Å². The molecule has 0 aromatic heterocycles. The van der Waals surface area contributed by atoms with E-state index in [2.05, 4.69) is 0 Å². The van der Waals surface area contributed by atoms with E-state index >= 15 is 0 Å². The van der Waals surface area contributed by atoms with Crippen LogP contribution in [0.2, 0.25) is 10.0 Å². The first-order chi connectivity index (χ1) is 9.47. The number of carbonyl (C=O) groups is 1. The lowest BCUT2D eigenvalue weighted by Gasteiger charge is -2.08. The zero-order valence-electron chi connectivity index (χ0n) is 11.2. The molecule has 0 bridgehead atoms. The third-order valence-electron chi connectivity index (χ3n) is 3.09. The summed E-state index contributed by atoms with van der Waals surface area (Å²) >= 11 is 11.7. The quantitative estimate of drug-likeness (QED) is 0.753. The molecule has 0 radical (unpaired) electrons. The Kier molecular flexibility index (Phi) is 4.69. The molecule has 2 nitrogen and oxygen atoms in total. The van der Waals surface area contributed by atoms with E-state index in [1.807, 2.05) is 32.0 Å². The maximum Gasteiger partial charge on any atom is 0.200 e. The second kappa shape index (κ2) is 6.29. The summed E-state index contributed by atoms with van der Waals surface area (Å²) in [6.07, 6.45) is 0. The number of rotatable bonds is 4. The number of ether oxygens (including phenoxy) is 1. The summed E-state index contributed by atoms with van der Waals surface area (Å²) in [5.74, 6) is 0.545. The molecule has 0 unspecified atom stereocenters. The van der Waals surface area contributed by atoms with E-state index in [1.54, 1.807) is 18.2 Å². The van der Waals surface area contributed by atoms with Crippen LogP contribution < -0.4 is 4.74 Å². The van der Waals surface area contributed by atoms with Gasteiger partial charge >= 0.3 is 0 Å². The fraction of sp³-hybridized carbons (Fsp3) is 0.188. The Balaban J connectivity index is 2.04. The smallest absolute Gasteiger partial charge is 0.200 e. The van der Waals surface area contributed by atoms with Crippen molar-refractivity contribution in [3.63, 3.8) is 0 Å². The Labute approximate surface area is 128 Å². The van der Waals surface area contributed by atoms with Crippen LogP contribution in [0.4, 0.5) is 0 Å². The second-order valence-corrected chi connectivity index (χ2v) is 5.40. The van der Waals surface area contributed by atoms with Crippen LogP contribution in [0.15, 0.2) is 36.4 Å². The van der Waals surface area contributed by atoms with Gasteiger partial charge in [-0.05, 0) is 55.3 Å². The lowest BCUT2D eigenvalue weighted by Crippen LogP contribution is -2.11. The summed E-state index contributed by atoms with van der Waals surface area (Å²) in [6, 6.07) is 10.5. The van der Waals surface area contributed by atoms with Gasteiger partial charge in [-0.15, -0.1) is 0 Å². The van der Waals surface area contributed by atoms with Crippen molar-refractivity contribution in [2.45, 2.75) is 13.8 Å². The fourth-order valence-corrected chi connectivity index (χ4v) is 2.00. The van der Waals surface area contributed by atoms with Gasteiger partial charge in [-0.2, -0.15) is 0 Å². The summed E-state index contributed by atoms with van der Waals surface area (Å²) in [5, 5.41) is 0.794. The zero-order chi connectivity index (χ0) is 14.7. The molecule has 0 saturated carbocycles. The summed E-state index contributed by atoms with van der Waals surface area (Å²) in [7, 11) is 0. The van der Waals surface area contributed by atoms with E-state index in [4.69, 9.17) is 27.9 Å². The largest absolute Gasteiger partial charge is 0.485 e. The van der Waals surface area contributed by atoms with Gasteiger partial charge in [0.05, 0.1) is 10.0 Å². The Morgan fingerprint density at radius 2 is 1.75 bits per heavy atom. The number of ketones is 1. The second-order valence-electron chi connectivity index (χ2n) is 4.59. The van der Waals surface area contributed by atoms with E-state index < -0.39 is 0 Å². The summed E-state index contributed by atoms with van der Waals surface area (Å²) in [6.45, 7) is 4.00. The Hall–Kier alpha value is -1.51. The number of halogens is 2. The first kappa shape index (κ1) is 14.9. The maximum absolute atomic E-state index is 12.0. The Morgan fingerprint density at radius 1 is 1.00 bits per heavy atom. The topological polar surface area (TPSA) is 26.3 Å². The molecule has 2 aromatic rings. The van der Waals surface area contributed by atoms with Crippen LogP contribution in [0.25, 0.3) is 0 Å². The highest BCUT2D eigenvalue weighted by Crippen LogP contribution is 2.23. The predicted octanol–water partition coefficient (Wildman–Crippen LogP) is 4.87. The number of benzene rings is 2. The third kappa shape index (κ3) is 3.53. The molecule has 2 rings (SSSR count). The molecule has 0 aliphatic carbocycles. The number of hydrogen-bond acceptors (Lipinski definition) is 2. The number of hydrogen-bond donors (Lipinski definition) is 0. The van der Waals surface area contributed by atoms with E-state index in [1.165, 1.54) is 5.56 Å². The number of Topliss-reactive ketones (excluding diaryl/α,β-unsaturated/α-hetero) is 1. The van der Waals surface area contributed by atoms with Crippen molar-refractivity contribution in [3.8, 4) is 5.75 Å². The van der Waals surface area contributed by atoms with Crippen molar-refractivity contribution in [2.75, 3.05) is 6.61 Å². The SMILES string of the molecule is Cc1ccc(OCC(=O)c2ccc(Cl)c(Cl)c2)cc1C. The molecule has 0 amide bonds. The third-order valence-corrected chi connectivity index (χ3v) is 3.83.